The first-order valence-electron chi connectivity index (χ1n) is 7.57. The van der Waals surface area contributed by atoms with Crippen molar-refractivity contribution in [2.45, 2.75) is 71.3 Å². The van der Waals surface area contributed by atoms with E-state index in [1.807, 2.05) is 7.05 Å². The highest BCUT2D eigenvalue weighted by atomic mass is 16.3. The molecule has 0 spiro atoms. The molecule has 1 rings (SSSR count). The Morgan fingerprint density at radius 2 is 1.78 bits per heavy atom. The van der Waals surface area contributed by atoms with Crippen LogP contribution in [-0.2, 0) is 6.42 Å². The maximum Gasteiger partial charge on any atom is 0.121 e. The molecule has 0 fully saturated rings. The fourth-order valence-electron chi connectivity index (χ4n) is 2.33. The molecule has 0 aliphatic rings. The fourth-order valence-corrected chi connectivity index (χ4v) is 2.33. The second-order valence-electron chi connectivity index (χ2n) is 5.06. The molecule has 0 saturated heterocycles. The summed E-state index contributed by atoms with van der Waals surface area (Å²) in [6.45, 7) is 4.39. The largest absolute Gasteiger partial charge is 0.464 e. The van der Waals surface area contributed by atoms with E-state index in [2.05, 4.69) is 31.3 Å². The van der Waals surface area contributed by atoms with Gasteiger partial charge in [0, 0.05) is 6.42 Å². The SMILES string of the molecule is CCCCCCCCC(NC)c1ccc(CC)o1. The summed E-state index contributed by atoms with van der Waals surface area (Å²) in [4.78, 5) is 0. The molecule has 1 unspecified atom stereocenters. The van der Waals surface area contributed by atoms with Crippen molar-refractivity contribution in [3.8, 4) is 0 Å². The van der Waals surface area contributed by atoms with Crippen molar-refractivity contribution in [3.63, 3.8) is 0 Å². The monoisotopic (exact) mass is 251 g/mol. The van der Waals surface area contributed by atoms with Crippen molar-refractivity contribution in [2.75, 3.05) is 7.05 Å². The lowest BCUT2D eigenvalue weighted by Crippen LogP contribution is -2.15. The van der Waals surface area contributed by atoms with Gasteiger partial charge >= 0.3 is 0 Å². The number of furan rings is 1. The molecule has 1 aromatic heterocycles. The number of rotatable bonds is 10. The molecule has 18 heavy (non-hydrogen) atoms. The van der Waals surface area contributed by atoms with Crippen molar-refractivity contribution >= 4 is 0 Å². The average molecular weight is 251 g/mol. The molecule has 2 heteroatoms. The topological polar surface area (TPSA) is 25.2 Å². The van der Waals surface area contributed by atoms with Crippen LogP contribution in [0, 0.1) is 0 Å². The van der Waals surface area contributed by atoms with Crippen LogP contribution < -0.4 is 5.32 Å². The molecule has 0 aliphatic heterocycles. The van der Waals surface area contributed by atoms with Crippen molar-refractivity contribution in [2.24, 2.45) is 0 Å². The van der Waals surface area contributed by atoms with Crippen LogP contribution in [0.5, 0.6) is 0 Å². The van der Waals surface area contributed by atoms with Crippen molar-refractivity contribution < 1.29 is 4.42 Å². The molecule has 0 aromatic carbocycles. The maximum atomic E-state index is 5.82. The van der Waals surface area contributed by atoms with Gasteiger partial charge in [-0.3, -0.25) is 0 Å². The van der Waals surface area contributed by atoms with Gasteiger partial charge in [-0.25, -0.2) is 0 Å². The second kappa shape index (κ2) is 9.21. The van der Waals surface area contributed by atoms with Gasteiger partial charge in [-0.2, -0.15) is 0 Å². The molecule has 1 N–H and O–H groups in total. The second-order valence-corrected chi connectivity index (χ2v) is 5.06. The molecular weight excluding hydrogens is 222 g/mol. The zero-order valence-corrected chi connectivity index (χ0v) is 12.3. The quantitative estimate of drug-likeness (QED) is 0.601. The van der Waals surface area contributed by atoms with E-state index >= 15 is 0 Å². The summed E-state index contributed by atoms with van der Waals surface area (Å²) in [5.41, 5.74) is 0. The minimum absolute atomic E-state index is 0.386. The summed E-state index contributed by atoms with van der Waals surface area (Å²) in [6, 6.07) is 4.61. The zero-order valence-electron chi connectivity index (χ0n) is 12.3. The number of aryl methyl sites for hydroxylation is 1. The van der Waals surface area contributed by atoms with Gasteiger partial charge < -0.3 is 9.73 Å². The van der Waals surface area contributed by atoms with Gasteiger partial charge in [0.25, 0.3) is 0 Å². The van der Waals surface area contributed by atoms with Crippen LogP contribution in [0.2, 0.25) is 0 Å². The van der Waals surface area contributed by atoms with Gasteiger partial charge in [0.2, 0.25) is 0 Å². The fraction of sp³-hybridized carbons (Fsp3) is 0.750. The lowest BCUT2D eigenvalue weighted by molar-refractivity contribution is 0.385. The third kappa shape index (κ3) is 5.26. The molecule has 104 valence electrons. The Bertz CT molecular complexity index is 306. The van der Waals surface area contributed by atoms with E-state index in [9.17, 15) is 0 Å². The van der Waals surface area contributed by atoms with Crippen LogP contribution in [0.15, 0.2) is 16.5 Å². The normalized spacial score (nSPS) is 12.8. The average Bonchev–Trinajstić information content (AvgIpc) is 2.87. The molecular formula is C16H29NO. The van der Waals surface area contributed by atoms with E-state index in [0.29, 0.717) is 6.04 Å². The van der Waals surface area contributed by atoms with Gasteiger partial charge in [-0.05, 0) is 25.6 Å². The van der Waals surface area contributed by atoms with Crippen LogP contribution in [0.4, 0.5) is 0 Å². The highest BCUT2D eigenvalue weighted by Crippen LogP contribution is 2.22. The van der Waals surface area contributed by atoms with Crippen molar-refractivity contribution in [3.05, 3.63) is 23.7 Å². The molecule has 1 heterocycles. The van der Waals surface area contributed by atoms with Gasteiger partial charge in [-0.1, -0.05) is 52.4 Å². The summed E-state index contributed by atoms with van der Waals surface area (Å²) in [5.74, 6) is 2.19. The summed E-state index contributed by atoms with van der Waals surface area (Å²) in [5, 5.41) is 3.36. The van der Waals surface area contributed by atoms with Gasteiger partial charge in [0.15, 0.2) is 0 Å². The van der Waals surface area contributed by atoms with E-state index in [4.69, 9.17) is 4.42 Å². The summed E-state index contributed by atoms with van der Waals surface area (Å²) in [7, 11) is 2.02. The predicted octanol–water partition coefficient (Wildman–Crippen LogP) is 4.85. The summed E-state index contributed by atoms with van der Waals surface area (Å²) >= 11 is 0. The first-order chi connectivity index (χ1) is 8.81. The molecule has 0 radical (unpaired) electrons. The predicted molar refractivity (Wildman–Crippen MR) is 77.9 cm³/mol. The van der Waals surface area contributed by atoms with E-state index < -0.39 is 0 Å². The van der Waals surface area contributed by atoms with Crippen molar-refractivity contribution in [1.29, 1.82) is 0 Å². The van der Waals surface area contributed by atoms with Gasteiger partial charge in [0.05, 0.1) is 6.04 Å². The van der Waals surface area contributed by atoms with E-state index in [0.717, 1.165) is 17.9 Å². The Morgan fingerprint density at radius 3 is 2.39 bits per heavy atom. The van der Waals surface area contributed by atoms with Crippen LogP contribution >= 0.6 is 0 Å². The van der Waals surface area contributed by atoms with E-state index in [-0.39, 0.29) is 0 Å². The molecule has 0 saturated carbocycles. The van der Waals surface area contributed by atoms with Crippen LogP contribution in [0.1, 0.15) is 76.4 Å². The molecule has 2 nitrogen and oxygen atoms in total. The smallest absolute Gasteiger partial charge is 0.121 e. The number of unbranched alkanes of at least 4 members (excludes halogenated alkanes) is 5. The zero-order chi connectivity index (χ0) is 13.2. The number of nitrogens with one attached hydrogen (secondary N) is 1. The first-order valence-corrected chi connectivity index (χ1v) is 7.57. The van der Waals surface area contributed by atoms with E-state index in [1.54, 1.807) is 0 Å². The van der Waals surface area contributed by atoms with Crippen molar-refractivity contribution in [1.82, 2.24) is 5.32 Å². The van der Waals surface area contributed by atoms with E-state index in [1.165, 1.54) is 44.9 Å². The highest BCUT2D eigenvalue weighted by molar-refractivity contribution is 5.10. The Kier molecular flexibility index (Phi) is 7.83. The number of hydrogen-bond acceptors (Lipinski definition) is 2. The summed E-state index contributed by atoms with van der Waals surface area (Å²) in [6.07, 6.45) is 10.3. The van der Waals surface area contributed by atoms with Gasteiger partial charge in [-0.15, -0.1) is 0 Å². The Balaban J connectivity index is 2.25. The minimum atomic E-state index is 0.386. The Hall–Kier alpha value is -0.760. The van der Waals surface area contributed by atoms with Gasteiger partial charge in [0.1, 0.15) is 11.5 Å². The Labute approximate surface area is 112 Å². The third-order valence-corrected chi connectivity index (χ3v) is 3.57. The minimum Gasteiger partial charge on any atom is -0.464 e. The van der Waals surface area contributed by atoms with Crippen LogP contribution in [0.3, 0.4) is 0 Å². The first kappa shape index (κ1) is 15.3. The van der Waals surface area contributed by atoms with Crippen LogP contribution in [0.25, 0.3) is 0 Å². The molecule has 1 atom stereocenters. The van der Waals surface area contributed by atoms with Crippen LogP contribution in [-0.4, -0.2) is 7.05 Å². The highest BCUT2D eigenvalue weighted by Gasteiger charge is 2.12. The summed E-state index contributed by atoms with van der Waals surface area (Å²) < 4.78 is 5.82. The lowest BCUT2D eigenvalue weighted by Gasteiger charge is -2.13. The Morgan fingerprint density at radius 1 is 1.06 bits per heavy atom. The third-order valence-electron chi connectivity index (χ3n) is 3.57. The standard InChI is InChI=1S/C16H29NO/c1-4-6-7-8-9-10-11-15(17-3)16-13-12-14(5-2)18-16/h12-13,15,17H,4-11H2,1-3H3. The molecule has 0 bridgehead atoms. The molecule has 0 amide bonds. The molecule has 0 aliphatic carbocycles. The maximum absolute atomic E-state index is 5.82. The lowest BCUT2D eigenvalue weighted by atomic mass is 10.0. The molecule has 1 aromatic rings. The number of hydrogen-bond donors (Lipinski definition) is 1.